The summed E-state index contributed by atoms with van der Waals surface area (Å²) in [5.41, 5.74) is -0.358. The molecule has 2 unspecified atom stereocenters. The number of rotatable bonds is 7. The third-order valence-electron chi connectivity index (χ3n) is 4.76. The molecule has 1 aliphatic heterocycles. The molecule has 164 valence electrons. The average Bonchev–Trinajstić information content (AvgIpc) is 2.90. The molecule has 2 aromatic carbocycles. The first-order valence-corrected chi connectivity index (χ1v) is 10.1. The molecule has 0 bridgehead atoms. The van der Waals surface area contributed by atoms with E-state index in [0.717, 1.165) is 4.90 Å². The summed E-state index contributed by atoms with van der Waals surface area (Å²) in [5.74, 6) is -0.270. The Morgan fingerprint density at radius 1 is 1.23 bits per heavy atom. The smallest absolute Gasteiger partial charge is 0.325 e. The number of β-amino-alcohol motifs (C(OH)–C–C–N with tert-alkyl or cyclic N) is 1. The number of hydrogen-bond acceptors (Lipinski definition) is 5. The van der Waals surface area contributed by atoms with Crippen LogP contribution < -0.4 is 15.4 Å². The van der Waals surface area contributed by atoms with Gasteiger partial charge in [-0.25, -0.2) is 4.79 Å². The second-order valence-corrected chi connectivity index (χ2v) is 8.11. The molecule has 8 nitrogen and oxygen atoms in total. The molecule has 4 amide bonds. The minimum absolute atomic E-state index is 0.144. The average molecular weight is 466 g/mol. The normalized spacial score (nSPS) is 19.2. The lowest BCUT2D eigenvalue weighted by molar-refractivity contribution is -0.132. The monoisotopic (exact) mass is 465 g/mol. The summed E-state index contributed by atoms with van der Waals surface area (Å²) >= 11 is 12.1. The van der Waals surface area contributed by atoms with Crippen LogP contribution in [-0.4, -0.2) is 47.1 Å². The molecule has 31 heavy (non-hydrogen) atoms. The number of hydrogen-bond donors (Lipinski definition) is 3. The minimum atomic E-state index is -1.38. The van der Waals surface area contributed by atoms with Gasteiger partial charge >= 0.3 is 6.03 Å². The number of ether oxygens (including phenoxy) is 1. The number of benzene rings is 2. The third-order valence-corrected chi connectivity index (χ3v) is 5.30. The molecule has 10 heteroatoms. The van der Waals surface area contributed by atoms with Gasteiger partial charge in [-0.05, 0) is 43.3 Å². The molecule has 1 heterocycles. The molecular formula is C21H21Cl2N3O5. The zero-order valence-corrected chi connectivity index (χ0v) is 18.3. The Morgan fingerprint density at radius 2 is 1.90 bits per heavy atom. The molecule has 0 aliphatic carbocycles. The zero-order valence-electron chi connectivity index (χ0n) is 16.8. The molecule has 1 saturated heterocycles. The maximum atomic E-state index is 13.0. The van der Waals surface area contributed by atoms with Gasteiger partial charge in [-0.15, -0.1) is 0 Å². The number of amides is 4. The summed E-state index contributed by atoms with van der Waals surface area (Å²) in [6, 6.07) is 10.6. The molecule has 0 saturated carbocycles. The summed E-state index contributed by atoms with van der Waals surface area (Å²) in [4.78, 5) is 37.4. The van der Waals surface area contributed by atoms with Crippen LogP contribution in [0.4, 0.5) is 10.5 Å². The van der Waals surface area contributed by atoms with Gasteiger partial charge in [-0.1, -0.05) is 29.3 Å². The fraction of sp³-hybridized carbons (Fsp3) is 0.286. The number of carbonyl (C=O) groups excluding carboxylic acids is 3. The van der Waals surface area contributed by atoms with Crippen LogP contribution in [0.2, 0.25) is 10.0 Å². The molecule has 3 rings (SSSR count). The van der Waals surface area contributed by atoms with Crippen molar-refractivity contribution in [3.8, 4) is 5.75 Å². The predicted octanol–water partition coefficient (Wildman–Crippen LogP) is 3.16. The van der Waals surface area contributed by atoms with Crippen LogP contribution in [0.15, 0.2) is 42.5 Å². The Bertz CT molecular complexity index is 1010. The highest BCUT2D eigenvalue weighted by molar-refractivity contribution is 6.35. The molecule has 0 spiro atoms. The van der Waals surface area contributed by atoms with E-state index in [-0.39, 0.29) is 24.1 Å². The van der Waals surface area contributed by atoms with Gasteiger partial charge in [-0.3, -0.25) is 14.5 Å². The summed E-state index contributed by atoms with van der Waals surface area (Å²) < 4.78 is 5.51. The minimum Gasteiger partial charge on any atom is -0.491 e. The van der Waals surface area contributed by atoms with Gasteiger partial charge in [0.05, 0.1) is 6.54 Å². The Hall–Kier alpha value is -2.81. The summed E-state index contributed by atoms with van der Waals surface area (Å²) in [5, 5.41) is 16.2. The fourth-order valence-electron chi connectivity index (χ4n) is 3.23. The van der Waals surface area contributed by atoms with Crippen LogP contribution in [0.25, 0.3) is 0 Å². The number of nitrogens with one attached hydrogen (secondary N) is 2. The summed E-state index contributed by atoms with van der Waals surface area (Å²) in [7, 11) is 0. The van der Waals surface area contributed by atoms with E-state index in [1.165, 1.54) is 13.0 Å². The number of aliphatic hydroxyl groups is 1. The number of urea groups is 1. The lowest BCUT2D eigenvalue weighted by Crippen LogP contribution is -2.43. The maximum Gasteiger partial charge on any atom is 0.325 e. The Labute approximate surface area is 189 Å². The van der Waals surface area contributed by atoms with Crippen molar-refractivity contribution in [1.82, 2.24) is 10.2 Å². The van der Waals surface area contributed by atoms with E-state index >= 15 is 0 Å². The first-order valence-electron chi connectivity index (χ1n) is 9.38. The van der Waals surface area contributed by atoms with Gasteiger partial charge in [0.1, 0.15) is 24.0 Å². The molecule has 1 aliphatic rings. The highest BCUT2D eigenvalue weighted by Gasteiger charge is 2.50. The topological polar surface area (TPSA) is 108 Å². The zero-order chi connectivity index (χ0) is 22.8. The number of imide groups is 1. The van der Waals surface area contributed by atoms with Crippen molar-refractivity contribution in [2.75, 3.05) is 18.5 Å². The highest BCUT2D eigenvalue weighted by Crippen LogP contribution is 2.35. The van der Waals surface area contributed by atoms with E-state index in [9.17, 15) is 19.5 Å². The first-order chi connectivity index (χ1) is 14.6. The van der Waals surface area contributed by atoms with Crippen LogP contribution in [0.5, 0.6) is 5.75 Å². The Balaban J connectivity index is 1.62. The van der Waals surface area contributed by atoms with Crippen LogP contribution in [0.1, 0.15) is 19.4 Å². The van der Waals surface area contributed by atoms with E-state index in [2.05, 4.69) is 10.6 Å². The third kappa shape index (κ3) is 5.10. The summed E-state index contributed by atoms with van der Waals surface area (Å²) in [6.45, 7) is 2.55. The fourth-order valence-corrected chi connectivity index (χ4v) is 3.83. The van der Waals surface area contributed by atoms with Gasteiger partial charge in [0.2, 0.25) is 5.91 Å². The lowest BCUT2D eigenvalue weighted by Gasteiger charge is -2.24. The Morgan fingerprint density at radius 3 is 2.52 bits per heavy atom. The van der Waals surface area contributed by atoms with Crippen LogP contribution >= 0.6 is 23.2 Å². The largest absolute Gasteiger partial charge is 0.491 e. The number of nitrogens with zero attached hydrogens (tertiary/aromatic N) is 1. The molecule has 0 aromatic heterocycles. The van der Waals surface area contributed by atoms with Crippen molar-refractivity contribution in [2.24, 2.45) is 0 Å². The van der Waals surface area contributed by atoms with Crippen LogP contribution in [0, 0.1) is 0 Å². The number of anilines is 1. The highest BCUT2D eigenvalue weighted by atomic mass is 35.5. The van der Waals surface area contributed by atoms with Crippen molar-refractivity contribution >= 4 is 46.7 Å². The van der Waals surface area contributed by atoms with Crippen LogP contribution in [-0.2, 0) is 15.1 Å². The van der Waals surface area contributed by atoms with Gasteiger partial charge in [0.25, 0.3) is 5.91 Å². The molecule has 3 N–H and O–H groups in total. The van der Waals surface area contributed by atoms with Crippen molar-refractivity contribution in [3.63, 3.8) is 0 Å². The van der Waals surface area contributed by atoms with Crippen molar-refractivity contribution in [2.45, 2.75) is 25.5 Å². The lowest BCUT2D eigenvalue weighted by atomic mass is 9.92. The molecule has 1 fully saturated rings. The number of carbonyl (C=O) groups is 3. The standard InChI is InChI=1S/C21H21Cl2N3O5/c1-12(27)24-14-4-6-16(7-5-14)31-11-15(28)10-26-19(29)21(2,25-20(26)30)17-8-3-13(22)9-18(17)23/h3-9,15,28H,10-11H2,1-2H3,(H,24,27)(H,25,30). The SMILES string of the molecule is CC(=O)Nc1ccc(OCC(O)CN2C(=O)NC(C)(c3ccc(Cl)cc3Cl)C2=O)cc1. The molecule has 2 atom stereocenters. The van der Waals surface area contributed by atoms with Crippen LogP contribution in [0.3, 0.4) is 0 Å². The quantitative estimate of drug-likeness (QED) is 0.544. The van der Waals surface area contributed by atoms with Crippen molar-refractivity contribution in [1.29, 1.82) is 0 Å². The van der Waals surface area contributed by atoms with Gasteiger partial charge in [0.15, 0.2) is 0 Å². The van der Waals surface area contributed by atoms with Gasteiger partial charge in [-0.2, -0.15) is 0 Å². The van der Waals surface area contributed by atoms with Gasteiger partial charge in [0, 0.05) is 28.2 Å². The van der Waals surface area contributed by atoms with Gasteiger partial charge < -0.3 is 20.5 Å². The predicted molar refractivity (Wildman–Crippen MR) is 116 cm³/mol. The van der Waals surface area contributed by atoms with E-state index in [4.69, 9.17) is 27.9 Å². The molecular weight excluding hydrogens is 445 g/mol. The second-order valence-electron chi connectivity index (χ2n) is 7.27. The first kappa shape index (κ1) is 22.9. The van der Waals surface area contributed by atoms with E-state index in [1.54, 1.807) is 43.3 Å². The van der Waals surface area contributed by atoms with E-state index < -0.39 is 23.6 Å². The summed E-state index contributed by atoms with van der Waals surface area (Å²) in [6.07, 6.45) is -1.12. The number of aliphatic hydroxyl groups excluding tert-OH is 1. The maximum absolute atomic E-state index is 13.0. The van der Waals surface area contributed by atoms with Crippen molar-refractivity contribution in [3.05, 3.63) is 58.1 Å². The van der Waals surface area contributed by atoms with E-state index in [1.807, 2.05) is 0 Å². The molecule has 2 aromatic rings. The molecule has 0 radical (unpaired) electrons. The van der Waals surface area contributed by atoms with Crippen molar-refractivity contribution < 1.29 is 24.2 Å². The van der Waals surface area contributed by atoms with E-state index in [0.29, 0.717) is 22.0 Å². The second kappa shape index (κ2) is 9.13. The number of halogens is 2. The Kier molecular flexibility index (Phi) is 6.74.